The zero-order chi connectivity index (χ0) is 6.41. The SMILES string of the molecule is C/C=C/C#CC([NH])=O. The number of carbonyl (C=O) groups is 1. The van der Waals surface area contributed by atoms with E-state index in [-0.39, 0.29) is 0 Å². The number of carbonyl (C=O) groups excluding carboxylic acids is 1. The van der Waals surface area contributed by atoms with Crippen molar-refractivity contribution in [2.75, 3.05) is 0 Å². The molecule has 0 atom stereocenters. The first-order chi connectivity index (χ1) is 3.77. The highest BCUT2D eigenvalue weighted by atomic mass is 16.1. The normalized spacial score (nSPS) is 8.12. The van der Waals surface area contributed by atoms with Gasteiger partial charge in [-0.2, -0.15) is 0 Å². The van der Waals surface area contributed by atoms with Gasteiger partial charge >= 0.3 is 5.91 Å². The van der Waals surface area contributed by atoms with Crippen molar-refractivity contribution in [3.8, 4) is 11.8 Å². The van der Waals surface area contributed by atoms with Crippen LogP contribution < -0.4 is 5.73 Å². The Bertz CT molecular complexity index is 159. The number of hydrogen-bond donors (Lipinski definition) is 0. The van der Waals surface area contributed by atoms with Gasteiger partial charge in [0.25, 0.3) is 0 Å². The van der Waals surface area contributed by atoms with Gasteiger partial charge in [-0.1, -0.05) is 12.0 Å². The third-order valence-electron chi connectivity index (χ3n) is 0.436. The summed E-state index contributed by atoms with van der Waals surface area (Å²) in [7, 11) is 0. The highest BCUT2D eigenvalue weighted by Gasteiger charge is 1.76. The summed E-state index contributed by atoms with van der Waals surface area (Å²) >= 11 is 0. The summed E-state index contributed by atoms with van der Waals surface area (Å²) in [5.74, 6) is 3.56. The van der Waals surface area contributed by atoms with Gasteiger partial charge in [0.1, 0.15) is 0 Å². The molecule has 0 rings (SSSR count). The summed E-state index contributed by atoms with van der Waals surface area (Å²) in [5.41, 5.74) is 6.31. The van der Waals surface area contributed by atoms with E-state index < -0.39 is 5.91 Å². The van der Waals surface area contributed by atoms with E-state index in [1.807, 2.05) is 5.92 Å². The predicted octanol–water partition coefficient (Wildman–Crippen LogP) is 0.375. The first-order valence-electron chi connectivity index (χ1n) is 2.15. The number of nitrogens with one attached hydrogen (secondary N) is 1. The zero-order valence-electron chi connectivity index (χ0n) is 4.56. The van der Waals surface area contributed by atoms with E-state index in [0.29, 0.717) is 0 Å². The van der Waals surface area contributed by atoms with Crippen molar-refractivity contribution in [2.24, 2.45) is 0 Å². The Balaban J connectivity index is 3.68. The van der Waals surface area contributed by atoms with Gasteiger partial charge in [-0.15, -0.1) is 0 Å². The van der Waals surface area contributed by atoms with Crippen LogP contribution in [0.3, 0.4) is 0 Å². The van der Waals surface area contributed by atoms with Gasteiger partial charge in [0.2, 0.25) is 0 Å². The Morgan fingerprint density at radius 2 is 2.38 bits per heavy atom. The van der Waals surface area contributed by atoms with Crippen LogP contribution in [0.2, 0.25) is 0 Å². The molecule has 0 aromatic carbocycles. The fourth-order valence-corrected chi connectivity index (χ4v) is 0.191. The Hall–Kier alpha value is -1.23. The Morgan fingerprint density at radius 3 is 2.75 bits per heavy atom. The van der Waals surface area contributed by atoms with Gasteiger partial charge in [-0.05, 0) is 13.0 Å². The lowest BCUT2D eigenvalue weighted by Gasteiger charge is -1.64. The smallest absolute Gasteiger partial charge is 0.258 e. The molecule has 0 bridgehead atoms. The van der Waals surface area contributed by atoms with Gasteiger partial charge in [-0.25, -0.2) is 0 Å². The molecule has 0 aromatic heterocycles. The lowest BCUT2D eigenvalue weighted by atomic mass is 10.5. The molecule has 1 amide bonds. The lowest BCUT2D eigenvalue weighted by Crippen LogP contribution is -1.89. The summed E-state index contributed by atoms with van der Waals surface area (Å²) < 4.78 is 0. The molecule has 1 N–H and O–H groups in total. The first kappa shape index (κ1) is 6.77. The lowest BCUT2D eigenvalue weighted by molar-refractivity contribution is -0.113. The summed E-state index contributed by atoms with van der Waals surface area (Å²) in [6, 6.07) is 0. The molecule has 2 nitrogen and oxygen atoms in total. The van der Waals surface area contributed by atoms with Crippen LogP contribution in [0.4, 0.5) is 0 Å². The van der Waals surface area contributed by atoms with Crippen molar-refractivity contribution >= 4 is 5.91 Å². The molecule has 41 valence electrons. The maximum atomic E-state index is 9.78. The van der Waals surface area contributed by atoms with E-state index in [0.717, 1.165) is 0 Å². The minimum atomic E-state index is -0.844. The minimum Gasteiger partial charge on any atom is -0.258 e. The third kappa shape index (κ3) is 4.77. The van der Waals surface area contributed by atoms with Gasteiger partial charge in [0, 0.05) is 5.92 Å². The molecule has 0 spiro atoms. The Morgan fingerprint density at radius 1 is 1.75 bits per heavy atom. The largest absolute Gasteiger partial charge is 0.314 e. The van der Waals surface area contributed by atoms with E-state index in [1.165, 1.54) is 6.08 Å². The van der Waals surface area contributed by atoms with Gasteiger partial charge < -0.3 is 0 Å². The van der Waals surface area contributed by atoms with E-state index in [2.05, 4.69) is 5.92 Å². The molecule has 0 aromatic rings. The monoisotopic (exact) mass is 108 g/mol. The minimum absolute atomic E-state index is 0.844. The molecule has 0 heterocycles. The standard InChI is InChI=1S/C6H6NO/c1-2-3-4-5-6(7)8/h2-3,7H,1H3/b3-2+. The molecule has 0 saturated carbocycles. The van der Waals surface area contributed by atoms with Crippen molar-refractivity contribution in [2.45, 2.75) is 6.92 Å². The van der Waals surface area contributed by atoms with Crippen LogP contribution in [0.1, 0.15) is 6.92 Å². The zero-order valence-corrected chi connectivity index (χ0v) is 4.56. The van der Waals surface area contributed by atoms with Crippen LogP contribution in [-0.4, -0.2) is 5.91 Å². The van der Waals surface area contributed by atoms with Crippen LogP contribution in [0.25, 0.3) is 0 Å². The quantitative estimate of drug-likeness (QED) is 0.413. The predicted molar refractivity (Wildman–Crippen MR) is 30.7 cm³/mol. The summed E-state index contributed by atoms with van der Waals surface area (Å²) in [5, 5.41) is 0. The second kappa shape index (κ2) is 3.94. The van der Waals surface area contributed by atoms with Crippen molar-refractivity contribution < 1.29 is 4.79 Å². The number of hydrogen-bond acceptors (Lipinski definition) is 1. The maximum absolute atomic E-state index is 9.78. The van der Waals surface area contributed by atoms with Crippen LogP contribution in [0.15, 0.2) is 12.2 Å². The van der Waals surface area contributed by atoms with Crippen LogP contribution in [-0.2, 0) is 4.79 Å². The van der Waals surface area contributed by atoms with Crippen LogP contribution in [0.5, 0.6) is 0 Å². The molecule has 1 radical (unpaired) electrons. The number of allylic oxidation sites excluding steroid dienone is 2. The van der Waals surface area contributed by atoms with Crippen molar-refractivity contribution in [3.05, 3.63) is 12.2 Å². The molecule has 0 aliphatic carbocycles. The van der Waals surface area contributed by atoms with Crippen LogP contribution >= 0.6 is 0 Å². The van der Waals surface area contributed by atoms with Crippen molar-refractivity contribution in [3.63, 3.8) is 0 Å². The maximum Gasteiger partial charge on any atom is 0.314 e. The molecule has 2 heteroatoms. The first-order valence-corrected chi connectivity index (χ1v) is 2.15. The molecule has 0 aliphatic heterocycles. The molecular formula is C6H6NO. The van der Waals surface area contributed by atoms with Gasteiger partial charge in [-0.3, -0.25) is 10.5 Å². The molecule has 0 aliphatic rings. The van der Waals surface area contributed by atoms with Gasteiger partial charge in [0.05, 0.1) is 0 Å². The van der Waals surface area contributed by atoms with E-state index in [9.17, 15) is 4.79 Å². The average molecular weight is 108 g/mol. The second-order valence-corrected chi connectivity index (χ2v) is 1.10. The molecular weight excluding hydrogens is 102 g/mol. The summed E-state index contributed by atoms with van der Waals surface area (Å²) in [6.45, 7) is 1.79. The Kier molecular flexibility index (Phi) is 3.34. The fourth-order valence-electron chi connectivity index (χ4n) is 0.191. The highest BCUT2D eigenvalue weighted by Crippen LogP contribution is 1.63. The van der Waals surface area contributed by atoms with E-state index in [1.54, 1.807) is 13.0 Å². The van der Waals surface area contributed by atoms with Crippen molar-refractivity contribution in [1.29, 1.82) is 0 Å². The number of rotatable bonds is 0. The van der Waals surface area contributed by atoms with Gasteiger partial charge in [0.15, 0.2) is 0 Å². The molecule has 0 saturated heterocycles. The molecule has 0 fully saturated rings. The molecule has 0 unspecified atom stereocenters. The van der Waals surface area contributed by atoms with E-state index in [4.69, 9.17) is 5.73 Å². The third-order valence-corrected chi connectivity index (χ3v) is 0.436. The molecule has 8 heavy (non-hydrogen) atoms. The van der Waals surface area contributed by atoms with E-state index >= 15 is 0 Å². The van der Waals surface area contributed by atoms with Crippen LogP contribution in [0, 0.1) is 11.8 Å². The highest BCUT2D eigenvalue weighted by molar-refractivity contribution is 5.91. The average Bonchev–Trinajstić information content (AvgIpc) is 1.66. The topological polar surface area (TPSA) is 40.9 Å². The number of amides is 1. The fraction of sp³-hybridized carbons (Fsp3) is 0.167. The summed E-state index contributed by atoms with van der Waals surface area (Å²) in [6.07, 6.45) is 3.22. The second-order valence-electron chi connectivity index (χ2n) is 1.10. The Labute approximate surface area is 48.4 Å². The van der Waals surface area contributed by atoms with Crippen molar-refractivity contribution in [1.82, 2.24) is 5.73 Å². The summed E-state index contributed by atoms with van der Waals surface area (Å²) in [4.78, 5) is 9.78.